The first-order valence-electron chi connectivity index (χ1n) is 9.48. The number of aromatic nitrogens is 2. The minimum atomic E-state index is -0.327. The second-order valence-corrected chi connectivity index (χ2v) is 8.05. The van der Waals surface area contributed by atoms with E-state index in [1.54, 1.807) is 0 Å². The third-order valence-corrected chi connectivity index (χ3v) is 4.39. The Labute approximate surface area is 167 Å². The van der Waals surface area contributed by atoms with E-state index in [2.05, 4.69) is 72.4 Å². The molecule has 0 bridgehead atoms. The second-order valence-electron chi connectivity index (χ2n) is 6.96. The lowest BCUT2D eigenvalue weighted by molar-refractivity contribution is 0.489. The summed E-state index contributed by atoms with van der Waals surface area (Å²) in [5, 5.41) is 11.3. The molecule has 1 aromatic rings. The molecule has 0 spiro atoms. The molecule has 1 rings (SSSR count). The summed E-state index contributed by atoms with van der Waals surface area (Å²) in [6.07, 6.45) is 6.91. The Hall–Kier alpha value is -1.07. The molecule has 0 aromatic carbocycles. The van der Waals surface area contributed by atoms with Crippen molar-refractivity contribution in [1.29, 1.82) is 0 Å². The maximum absolute atomic E-state index is 4.63. The normalized spacial score (nSPS) is 10.8. The standard InChI is InChI=1S/C15H33B2N5S.C3H4/c1-7-8-9-10-13-21(16(4)18-6)17(5)20-14-11-12-19-22(14)15(2,3)23;1-3-2/h11-12,18,20,23H,7-10,13H2,1-6H3;1-2H2. The van der Waals surface area contributed by atoms with Crippen LogP contribution in [0.15, 0.2) is 31.2 Å². The van der Waals surface area contributed by atoms with E-state index in [9.17, 15) is 0 Å². The maximum Gasteiger partial charge on any atom is 0.327 e. The lowest BCUT2D eigenvalue weighted by atomic mass is 9.62. The molecule has 0 saturated heterocycles. The van der Waals surface area contributed by atoms with Crippen LogP contribution in [0.2, 0.25) is 13.6 Å². The highest BCUT2D eigenvalue weighted by molar-refractivity contribution is 7.81. The number of hydrogen-bond acceptors (Lipinski definition) is 5. The molecule has 5 nitrogen and oxygen atoms in total. The molecular formula is C18H37B2N5S. The lowest BCUT2D eigenvalue weighted by Crippen LogP contribution is -2.56. The van der Waals surface area contributed by atoms with Crippen LogP contribution in [0.3, 0.4) is 0 Å². The number of nitrogens with one attached hydrogen (secondary N) is 2. The molecule has 0 amide bonds. The van der Waals surface area contributed by atoms with Gasteiger partial charge in [0.2, 0.25) is 0 Å². The largest absolute Gasteiger partial charge is 0.400 e. The average molecular weight is 377 g/mol. The summed E-state index contributed by atoms with van der Waals surface area (Å²) in [5.41, 5.74) is 2.25. The van der Waals surface area contributed by atoms with E-state index >= 15 is 0 Å². The maximum atomic E-state index is 4.63. The average Bonchev–Trinajstić information content (AvgIpc) is 3.03. The topological polar surface area (TPSA) is 45.1 Å². The van der Waals surface area contributed by atoms with E-state index in [0.717, 1.165) is 12.4 Å². The smallest absolute Gasteiger partial charge is 0.327 e. The molecule has 0 aliphatic heterocycles. The van der Waals surface area contributed by atoms with E-state index < -0.39 is 0 Å². The van der Waals surface area contributed by atoms with Gasteiger partial charge in [-0.25, -0.2) is 4.68 Å². The molecule has 1 aromatic heterocycles. The first-order valence-corrected chi connectivity index (χ1v) is 9.93. The van der Waals surface area contributed by atoms with Crippen molar-refractivity contribution in [2.45, 2.75) is 65.0 Å². The van der Waals surface area contributed by atoms with Crippen LogP contribution < -0.4 is 10.5 Å². The number of thiol groups is 1. The Morgan fingerprint density at radius 3 is 2.38 bits per heavy atom. The summed E-state index contributed by atoms with van der Waals surface area (Å²) in [6.45, 7) is 18.6. The molecule has 8 heteroatoms. The summed E-state index contributed by atoms with van der Waals surface area (Å²) >= 11 is 4.63. The molecular weight excluding hydrogens is 340 g/mol. The fourth-order valence-electron chi connectivity index (χ4n) is 2.76. The molecule has 0 atom stereocenters. The number of rotatable bonds is 11. The summed E-state index contributed by atoms with van der Waals surface area (Å²) in [6, 6.07) is 2.01. The van der Waals surface area contributed by atoms with Crippen LogP contribution in [0.1, 0.15) is 46.5 Å². The highest BCUT2D eigenvalue weighted by Crippen LogP contribution is 2.24. The minimum Gasteiger partial charge on any atom is -0.400 e. The van der Waals surface area contributed by atoms with E-state index in [0.29, 0.717) is 6.98 Å². The van der Waals surface area contributed by atoms with Crippen LogP contribution >= 0.6 is 12.6 Å². The zero-order valence-corrected chi connectivity index (χ0v) is 18.4. The zero-order chi connectivity index (χ0) is 20.2. The summed E-state index contributed by atoms with van der Waals surface area (Å²) in [5.74, 6) is 0.999. The van der Waals surface area contributed by atoms with Crippen LogP contribution in [-0.4, -0.2) is 42.1 Å². The Kier molecular flexibility index (Phi) is 12.6. The number of anilines is 1. The van der Waals surface area contributed by atoms with Gasteiger partial charge in [0, 0.05) is 0 Å². The Balaban J connectivity index is 0.00000194. The molecule has 0 fully saturated rings. The molecule has 0 radical (unpaired) electrons. The molecule has 26 heavy (non-hydrogen) atoms. The van der Waals surface area contributed by atoms with Crippen molar-refractivity contribution >= 4 is 32.4 Å². The van der Waals surface area contributed by atoms with Gasteiger partial charge in [-0.15, -0.1) is 18.4 Å². The van der Waals surface area contributed by atoms with Crippen molar-refractivity contribution in [1.82, 2.24) is 19.7 Å². The van der Waals surface area contributed by atoms with Crippen LogP contribution in [0.4, 0.5) is 5.82 Å². The quantitative estimate of drug-likeness (QED) is 0.234. The van der Waals surface area contributed by atoms with E-state index in [1.165, 1.54) is 25.7 Å². The van der Waals surface area contributed by atoms with Gasteiger partial charge in [0.05, 0.1) is 6.20 Å². The van der Waals surface area contributed by atoms with Crippen molar-refractivity contribution in [3.8, 4) is 0 Å². The number of nitrogens with zero attached hydrogens (tertiary/aromatic N) is 3. The van der Waals surface area contributed by atoms with Gasteiger partial charge in [-0.3, -0.25) is 0 Å². The summed E-state index contributed by atoms with van der Waals surface area (Å²) < 4.78 is 4.38. The molecule has 146 valence electrons. The monoisotopic (exact) mass is 377 g/mol. The highest BCUT2D eigenvalue weighted by atomic mass is 32.1. The third-order valence-electron chi connectivity index (χ3n) is 4.20. The fourth-order valence-corrected chi connectivity index (χ4v) is 2.91. The van der Waals surface area contributed by atoms with Gasteiger partial charge < -0.3 is 15.2 Å². The van der Waals surface area contributed by atoms with Gasteiger partial charge in [-0.2, -0.15) is 5.10 Å². The summed E-state index contributed by atoms with van der Waals surface area (Å²) in [7, 11) is 2.01. The Morgan fingerprint density at radius 1 is 1.27 bits per heavy atom. The van der Waals surface area contributed by atoms with Gasteiger partial charge in [-0.05, 0) is 39.9 Å². The first kappa shape index (κ1) is 24.9. The van der Waals surface area contributed by atoms with Crippen LogP contribution in [0.25, 0.3) is 0 Å². The molecule has 0 aliphatic rings. The first-order chi connectivity index (χ1) is 12.2. The number of hydrogen-bond donors (Lipinski definition) is 3. The van der Waals surface area contributed by atoms with Gasteiger partial charge in [0.15, 0.2) is 0 Å². The van der Waals surface area contributed by atoms with Crippen molar-refractivity contribution in [2.75, 3.05) is 18.8 Å². The third kappa shape index (κ3) is 9.04. The number of unbranched alkanes of at least 4 members (excludes halogenated alkanes) is 3. The molecule has 0 aliphatic carbocycles. The van der Waals surface area contributed by atoms with Crippen molar-refractivity contribution in [3.63, 3.8) is 0 Å². The zero-order valence-electron chi connectivity index (χ0n) is 17.5. The Morgan fingerprint density at radius 2 is 1.88 bits per heavy atom. The van der Waals surface area contributed by atoms with Crippen LogP contribution in [0, 0.1) is 0 Å². The fraction of sp³-hybridized carbons (Fsp3) is 0.667. The van der Waals surface area contributed by atoms with Gasteiger partial charge in [0.25, 0.3) is 6.98 Å². The van der Waals surface area contributed by atoms with Gasteiger partial charge >= 0.3 is 6.98 Å². The molecule has 1 heterocycles. The van der Waals surface area contributed by atoms with Crippen LogP contribution in [-0.2, 0) is 4.87 Å². The molecule has 0 saturated carbocycles. The van der Waals surface area contributed by atoms with E-state index in [-0.39, 0.29) is 11.9 Å². The van der Waals surface area contributed by atoms with Gasteiger partial charge in [-0.1, -0.05) is 53.0 Å². The predicted octanol–water partition coefficient (Wildman–Crippen LogP) is 4.21. The second kappa shape index (κ2) is 13.2. The van der Waals surface area contributed by atoms with Crippen LogP contribution in [0.5, 0.6) is 0 Å². The lowest BCUT2D eigenvalue weighted by Gasteiger charge is -2.32. The minimum absolute atomic E-state index is 0.213. The van der Waals surface area contributed by atoms with Gasteiger partial charge in [0.1, 0.15) is 10.7 Å². The predicted molar refractivity (Wildman–Crippen MR) is 122 cm³/mol. The SMILES string of the molecule is C=C=C.CCCCCCN(B(C)NC)B(C)Nc1ccnn1C(C)(C)S. The highest BCUT2D eigenvalue weighted by Gasteiger charge is 2.27. The summed E-state index contributed by atoms with van der Waals surface area (Å²) in [4.78, 5) is -0.327. The molecule has 2 N–H and O–H groups in total. The van der Waals surface area contributed by atoms with Crippen molar-refractivity contribution in [3.05, 3.63) is 31.2 Å². The Bertz CT molecular complexity index is 524. The van der Waals surface area contributed by atoms with E-state index in [4.69, 9.17) is 0 Å². The van der Waals surface area contributed by atoms with Crippen molar-refractivity contribution in [2.24, 2.45) is 0 Å². The van der Waals surface area contributed by atoms with E-state index in [1.807, 2.05) is 37.8 Å². The van der Waals surface area contributed by atoms with Crippen molar-refractivity contribution < 1.29 is 0 Å². The molecule has 0 unspecified atom stereocenters.